The maximum absolute atomic E-state index is 12.6. The number of urea groups is 1. The van der Waals surface area contributed by atoms with Crippen molar-refractivity contribution in [1.29, 1.82) is 0 Å². The Morgan fingerprint density at radius 3 is 2.46 bits per heavy atom. The molecule has 1 saturated heterocycles. The van der Waals surface area contributed by atoms with Gasteiger partial charge >= 0.3 is 12.0 Å². The number of hydrogen-bond acceptors (Lipinski definition) is 4. The second-order valence-electron chi connectivity index (χ2n) is 6.46. The third-order valence-electron chi connectivity index (χ3n) is 5.19. The first-order valence-electron chi connectivity index (χ1n) is 8.01. The first-order chi connectivity index (χ1) is 11.5. The SMILES string of the molecule is COc1cc(NC(=O)N2C[C@@H]3CCC[C@@]3(C(=O)O)C2)cc(OC)c1. The van der Waals surface area contributed by atoms with Crippen LogP contribution in [0, 0.1) is 11.3 Å². The molecule has 3 rings (SSSR count). The number of amides is 2. The van der Waals surface area contributed by atoms with E-state index < -0.39 is 11.4 Å². The van der Waals surface area contributed by atoms with Crippen molar-refractivity contribution in [3.63, 3.8) is 0 Å². The van der Waals surface area contributed by atoms with Gasteiger partial charge in [0.1, 0.15) is 11.5 Å². The third kappa shape index (κ3) is 2.74. The molecule has 130 valence electrons. The maximum atomic E-state index is 12.6. The number of benzene rings is 1. The topological polar surface area (TPSA) is 88.1 Å². The molecule has 7 heteroatoms. The van der Waals surface area contributed by atoms with Crippen LogP contribution in [0.5, 0.6) is 11.5 Å². The predicted molar refractivity (Wildman–Crippen MR) is 87.5 cm³/mol. The van der Waals surface area contributed by atoms with Gasteiger partial charge in [0.05, 0.1) is 19.6 Å². The minimum atomic E-state index is -0.789. The summed E-state index contributed by atoms with van der Waals surface area (Å²) in [5.74, 6) is 0.402. The zero-order valence-corrected chi connectivity index (χ0v) is 13.9. The number of ether oxygens (including phenoxy) is 2. The number of rotatable bonds is 4. The van der Waals surface area contributed by atoms with Gasteiger partial charge in [-0.1, -0.05) is 6.42 Å². The number of nitrogens with one attached hydrogen (secondary N) is 1. The Morgan fingerprint density at radius 1 is 1.25 bits per heavy atom. The van der Waals surface area contributed by atoms with Crippen molar-refractivity contribution < 1.29 is 24.2 Å². The van der Waals surface area contributed by atoms with Crippen LogP contribution in [0.15, 0.2) is 18.2 Å². The molecule has 1 aromatic carbocycles. The first-order valence-corrected chi connectivity index (χ1v) is 8.01. The molecule has 1 aliphatic heterocycles. The van der Waals surface area contributed by atoms with E-state index in [4.69, 9.17) is 9.47 Å². The van der Waals surface area contributed by atoms with Gasteiger partial charge in [-0.3, -0.25) is 4.79 Å². The van der Waals surface area contributed by atoms with Gasteiger partial charge in [0, 0.05) is 37.0 Å². The first kappa shape index (κ1) is 16.4. The van der Waals surface area contributed by atoms with Crippen LogP contribution < -0.4 is 14.8 Å². The average Bonchev–Trinajstić information content (AvgIpc) is 3.12. The summed E-state index contributed by atoms with van der Waals surface area (Å²) in [7, 11) is 3.08. The zero-order valence-electron chi connectivity index (χ0n) is 13.9. The van der Waals surface area contributed by atoms with Crippen molar-refractivity contribution in [3.8, 4) is 11.5 Å². The molecular weight excluding hydrogens is 312 g/mol. The van der Waals surface area contributed by atoms with Crippen LogP contribution in [-0.2, 0) is 4.79 Å². The molecule has 7 nitrogen and oxygen atoms in total. The number of carbonyl (C=O) groups is 2. The Balaban J connectivity index is 1.74. The molecule has 2 atom stereocenters. The Hall–Kier alpha value is -2.44. The molecule has 2 aliphatic rings. The number of carboxylic acid groups (broad SMARTS) is 1. The standard InChI is InChI=1S/C17H22N2O5/c1-23-13-6-12(7-14(8-13)24-2)18-16(22)19-9-11-4-3-5-17(11,10-19)15(20)21/h6-8,11H,3-5,9-10H2,1-2H3,(H,18,22)(H,20,21)/t11-,17+/m0/s1. The molecular formula is C17H22N2O5. The molecule has 1 saturated carbocycles. The number of aliphatic carboxylic acids is 1. The highest BCUT2D eigenvalue weighted by Crippen LogP contribution is 2.49. The van der Waals surface area contributed by atoms with Crippen LogP contribution in [-0.4, -0.2) is 49.3 Å². The van der Waals surface area contributed by atoms with Crippen LogP contribution in [0.25, 0.3) is 0 Å². The van der Waals surface area contributed by atoms with Gasteiger partial charge in [-0.25, -0.2) is 4.79 Å². The lowest BCUT2D eigenvalue weighted by Gasteiger charge is -2.23. The number of likely N-dealkylation sites (tertiary alicyclic amines) is 1. The van der Waals surface area contributed by atoms with Gasteiger partial charge in [0.15, 0.2) is 0 Å². The van der Waals surface area contributed by atoms with Crippen molar-refractivity contribution in [2.75, 3.05) is 32.6 Å². The van der Waals surface area contributed by atoms with Crippen LogP contribution >= 0.6 is 0 Å². The number of carbonyl (C=O) groups excluding carboxylic acids is 1. The molecule has 2 N–H and O–H groups in total. The van der Waals surface area contributed by atoms with Crippen molar-refractivity contribution in [3.05, 3.63) is 18.2 Å². The number of carboxylic acids is 1. The summed E-state index contributed by atoms with van der Waals surface area (Å²) in [6, 6.07) is 4.82. The van der Waals surface area contributed by atoms with E-state index in [1.165, 1.54) is 0 Å². The summed E-state index contributed by atoms with van der Waals surface area (Å²) in [4.78, 5) is 25.9. The smallest absolute Gasteiger partial charge is 0.321 e. The lowest BCUT2D eigenvalue weighted by Crippen LogP contribution is -2.38. The number of hydrogen-bond donors (Lipinski definition) is 2. The van der Waals surface area contributed by atoms with Crippen molar-refractivity contribution in [2.24, 2.45) is 11.3 Å². The van der Waals surface area contributed by atoms with E-state index in [-0.39, 0.29) is 18.5 Å². The Labute approximate surface area is 140 Å². The highest BCUT2D eigenvalue weighted by Gasteiger charge is 2.55. The van der Waals surface area contributed by atoms with Crippen molar-refractivity contribution in [2.45, 2.75) is 19.3 Å². The minimum Gasteiger partial charge on any atom is -0.497 e. The summed E-state index contributed by atoms with van der Waals surface area (Å²) < 4.78 is 10.4. The Kier molecular flexibility index (Phi) is 4.26. The Morgan fingerprint density at radius 2 is 1.92 bits per heavy atom. The molecule has 0 spiro atoms. The summed E-state index contributed by atoms with van der Waals surface area (Å²) in [6.07, 6.45) is 2.42. The quantitative estimate of drug-likeness (QED) is 0.883. The van der Waals surface area contributed by atoms with E-state index in [0.717, 1.165) is 12.8 Å². The molecule has 2 fully saturated rings. The number of fused-ring (bicyclic) bond motifs is 1. The second-order valence-corrected chi connectivity index (χ2v) is 6.46. The van der Waals surface area contributed by atoms with Gasteiger partial charge in [-0.15, -0.1) is 0 Å². The molecule has 24 heavy (non-hydrogen) atoms. The summed E-state index contributed by atoms with van der Waals surface area (Å²) in [5, 5.41) is 12.4. The molecule has 1 heterocycles. The largest absolute Gasteiger partial charge is 0.497 e. The third-order valence-corrected chi connectivity index (χ3v) is 5.19. The average molecular weight is 334 g/mol. The zero-order chi connectivity index (χ0) is 17.3. The van der Waals surface area contributed by atoms with E-state index in [1.54, 1.807) is 37.3 Å². The van der Waals surface area contributed by atoms with Gasteiger partial charge in [0.2, 0.25) is 0 Å². The van der Waals surface area contributed by atoms with Crippen molar-refractivity contribution in [1.82, 2.24) is 4.90 Å². The van der Waals surface area contributed by atoms with E-state index in [2.05, 4.69) is 5.32 Å². The fraction of sp³-hybridized carbons (Fsp3) is 0.529. The summed E-state index contributed by atoms with van der Waals surface area (Å²) in [5.41, 5.74) is -0.221. The molecule has 0 aromatic heterocycles. The highest BCUT2D eigenvalue weighted by molar-refractivity contribution is 5.91. The normalized spacial score (nSPS) is 25.2. The van der Waals surface area contributed by atoms with Gasteiger partial charge in [-0.2, -0.15) is 0 Å². The number of anilines is 1. The predicted octanol–water partition coefficient (Wildman–Crippen LogP) is 2.42. The fourth-order valence-corrected chi connectivity index (χ4v) is 3.88. The molecule has 1 aliphatic carbocycles. The van der Waals surface area contributed by atoms with Crippen molar-refractivity contribution >= 4 is 17.7 Å². The monoisotopic (exact) mass is 334 g/mol. The van der Waals surface area contributed by atoms with Crippen LogP contribution in [0.2, 0.25) is 0 Å². The van der Waals surface area contributed by atoms with E-state index in [0.29, 0.717) is 30.2 Å². The van der Waals surface area contributed by atoms with E-state index in [1.807, 2.05) is 0 Å². The Bertz CT molecular complexity index is 640. The van der Waals surface area contributed by atoms with Gasteiger partial charge < -0.3 is 24.8 Å². The number of nitrogens with zero attached hydrogens (tertiary/aromatic N) is 1. The summed E-state index contributed by atoms with van der Waals surface area (Å²) >= 11 is 0. The number of methoxy groups -OCH3 is 2. The van der Waals surface area contributed by atoms with Crippen LogP contribution in [0.4, 0.5) is 10.5 Å². The lowest BCUT2D eigenvalue weighted by atomic mass is 9.81. The lowest BCUT2D eigenvalue weighted by molar-refractivity contribution is -0.149. The maximum Gasteiger partial charge on any atom is 0.321 e. The molecule has 0 radical (unpaired) electrons. The van der Waals surface area contributed by atoms with Gasteiger partial charge in [0.25, 0.3) is 0 Å². The minimum absolute atomic E-state index is 0.0422. The van der Waals surface area contributed by atoms with E-state index in [9.17, 15) is 14.7 Å². The van der Waals surface area contributed by atoms with Crippen LogP contribution in [0.3, 0.4) is 0 Å². The van der Waals surface area contributed by atoms with Crippen LogP contribution in [0.1, 0.15) is 19.3 Å². The highest BCUT2D eigenvalue weighted by atomic mass is 16.5. The molecule has 2 amide bonds. The molecule has 1 aromatic rings. The second kappa shape index (κ2) is 6.22. The van der Waals surface area contributed by atoms with E-state index >= 15 is 0 Å². The fourth-order valence-electron chi connectivity index (χ4n) is 3.88. The summed E-state index contributed by atoms with van der Waals surface area (Å²) in [6.45, 7) is 0.749. The molecule has 0 bridgehead atoms. The molecule has 0 unspecified atom stereocenters. The van der Waals surface area contributed by atoms with Gasteiger partial charge in [-0.05, 0) is 18.8 Å².